The van der Waals surface area contributed by atoms with Crippen LogP contribution in [-0.2, 0) is 11.3 Å². The van der Waals surface area contributed by atoms with Crippen molar-refractivity contribution in [2.45, 2.75) is 32.2 Å². The molecular formula is C19H27N3O4. The number of hydrogen-bond acceptors (Lipinski definition) is 4. The molecule has 2 heterocycles. The van der Waals surface area contributed by atoms with Crippen molar-refractivity contribution in [1.82, 2.24) is 15.1 Å². The zero-order valence-electron chi connectivity index (χ0n) is 15.2. The van der Waals surface area contributed by atoms with Gasteiger partial charge in [0.2, 0.25) is 5.91 Å². The number of nitrogens with one attached hydrogen (secondary N) is 1. The standard InChI is InChI=1S/C19H27N3O4/c1-26-17-11-14(6-7-16(17)23)12-20-18(24)15-5-4-10-22(13-15)19(25)21-8-2-3-9-21/h6-7,11,15,23H,2-5,8-10,12-13H2,1H3,(H,20,24). The molecule has 3 amide bonds. The summed E-state index contributed by atoms with van der Waals surface area (Å²) < 4.78 is 5.09. The second kappa shape index (κ2) is 8.29. The lowest BCUT2D eigenvalue weighted by molar-refractivity contribution is -0.126. The predicted molar refractivity (Wildman–Crippen MR) is 97.0 cm³/mol. The first-order valence-electron chi connectivity index (χ1n) is 9.26. The number of ether oxygens (including phenoxy) is 1. The normalized spacial score (nSPS) is 20.1. The molecule has 1 atom stereocenters. The minimum absolute atomic E-state index is 0.0315. The molecule has 2 aliphatic rings. The maximum absolute atomic E-state index is 12.5. The second-order valence-electron chi connectivity index (χ2n) is 6.99. The van der Waals surface area contributed by atoms with Gasteiger partial charge >= 0.3 is 6.03 Å². The van der Waals surface area contributed by atoms with Gasteiger partial charge in [0.1, 0.15) is 0 Å². The number of benzene rings is 1. The highest BCUT2D eigenvalue weighted by Gasteiger charge is 2.31. The summed E-state index contributed by atoms with van der Waals surface area (Å²) >= 11 is 0. The molecule has 2 saturated heterocycles. The molecule has 0 bridgehead atoms. The van der Waals surface area contributed by atoms with Crippen LogP contribution in [0.15, 0.2) is 18.2 Å². The highest BCUT2D eigenvalue weighted by atomic mass is 16.5. The van der Waals surface area contributed by atoms with E-state index in [9.17, 15) is 14.7 Å². The van der Waals surface area contributed by atoms with Gasteiger partial charge in [0, 0.05) is 32.7 Å². The van der Waals surface area contributed by atoms with E-state index in [1.165, 1.54) is 7.11 Å². The summed E-state index contributed by atoms with van der Waals surface area (Å²) in [4.78, 5) is 28.8. The van der Waals surface area contributed by atoms with E-state index in [1.807, 2.05) is 9.80 Å². The highest BCUT2D eigenvalue weighted by molar-refractivity contribution is 5.81. The minimum atomic E-state index is -0.172. The van der Waals surface area contributed by atoms with Crippen LogP contribution in [-0.4, -0.2) is 60.1 Å². The van der Waals surface area contributed by atoms with Crippen LogP contribution in [0.5, 0.6) is 11.5 Å². The van der Waals surface area contributed by atoms with Crippen molar-refractivity contribution in [1.29, 1.82) is 0 Å². The molecule has 3 rings (SSSR count). The average Bonchev–Trinajstić information content (AvgIpc) is 3.21. The van der Waals surface area contributed by atoms with Gasteiger partial charge in [-0.25, -0.2) is 4.79 Å². The zero-order valence-corrected chi connectivity index (χ0v) is 15.2. The Morgan fingerprint density at radius 1 is 1.19 bits per heavy atom. The number of methoxy groups -OCH3 is 1. The van der Waals surface area contributed by atoms with Crippen LogP contribution < -0.4 is 10.1 Å². The number of rotatable bonds is 4. The van der Waals surface area contributed by atoms with Gasteiger partial charge in [-0.1, -0.05) is 6.07 Å². The first-order chi connectivity index (χ1) is 12.6. The van der Waals surface area contributed by atoms with Crippen LogP contribution in [0.1, 0.15) is 31.2 Å². The van der Waals surface area contributed by atoms with Gasteiger partial charge < -0.3 is 25.0 Å². The Bertz CT molecular complexity index is 658. The third-order valence-corrected chi connectivity index (χ3v) is 5.15. The molecule has 0 saturated carbocycles. The van der Waals surface area contributed by atoms with Crippen molar-refractivity contribution >= 4 is 11.9 Å². The maximum atomic E-state index is 12.5. The molecule has 2 aliphatic heterocycles. The van der Waals surface area contributed by atoms with Crippen molar-refractivity contribution in [2.24, 2.45) is 5.92 Å². The van der Waals surface area contributed by atoms with Crippen LogP contribution in [0.2, 0.25) is 0 Å². The van der Waals surface area contributed by atoms with Gasteiger partial charge in [-0.05, 0) is 43.4 Å². The Labute approximate surface area is 153 Å². The average molecular weight is 361 g/mol. The lowest BCUT2D eigenvalue weighted by Crippen LogP contribution is -2.49. The van der Waals surface area contributed by atoms with Crippen LogP contribution >= 0.6 is 0 Å². The molecule has 1 aromatic carbocycles. The molecule has 0 radical (unpaired) electrons. The van der Waals surface area contributed by atoms with Crippen molar-refractivity contribution < 1.29 is 19.4 Å². The Hall–Kier alpha value is -2.44. The number of phenolic OH excluding ortho intramolecular Hbond substituents is 1. The number of hydrogen-bond donors (Lipinski definition) is 2. The number of phenols is 1. The van der Waals surface area contributed by atoms with Gasteiger partial charge in [-0.2, -0.15) is 0 Å². The SMILES string of the molecule is COc1cc(CNC(=O)C2CCCN(C(=O)N3CCCC3)C2)ccc1O. The fourth-order valence-corrected chi connectivity index (χ4v) is 3.64. The predicted octanol–water partition coefficient (Wildman–Crippen LogP) is 1.94. The number of nitrogens with zero attached hydrogens (tertiary/aromatic N) is 2. The zero-order chi connectivity index (χ0) is 18.5. The fraction of sp³-hybridized carbons (Fsp3) is 0.579. The van der Waals surface area contributed by atoms with Crippen LogP contribution in [0.25, 0.3) is 0 Å². The Morgan fingerprint density at radius 3 is 2.65 bits per heavy atom. The van der Waals surface area contributed by atoms with Crippen LogP contribution in [0.4, 0.5) is 4.79 Å². The molecule has 0 spiro atoms. The Morgan fingerprint density at radius 2 is 1.92 bits per heavy atom. The van der Waals surface area contributed by atoms with Gasteiger partial charge in [0.05, 0.1) is 13.0 Å². The summed E-state index contributed by atoms with van der Waals surface area (Å²) in [5, 5.41) is 12.6. The fourth-order valence-electron chi connectivity index (χ4n) is 3.64. The van der Waals surface area contributed by atoms with Gasteiger partial charge in [0.25, 0.3) is 0 Å². The number of likely N-dealkylation sites (tertiary alicyclic amines) is 2. The van der Waals surface area contributed by atoms with Gasteiger partial charge in [-0.15, -0.1) is 0 Å². The molecule has 0 aliphatic carbocycles. The molecular weight excluding hydrogens is 334 g/mol. The van der Waals surface area contributed by atoms with E-state index in [1.54, 1.807) is 18.2 Å². The number of carbonyl (C=O) groups is 2. The van der Waals surface area contributed by atoms with E-state index in [-0.39, 0.29) is 23.6 Å². The minimum Gasteiger partial charge on any atom is -0.504 e. The van der Waals surface area contributed by atoms with Crippen molar-refractivity contribution in [3.63, 3.8) is 0 Å². The summed E-state index contributed by atoms with van der Waals surface area (Å²) in [5.41, 5.74) is 0.855. The molecule has 1 aromatic rings. The Kier molecular flexibility index (Phi) is 5.85. The molecule has 0 aromatic heterocycles. The second-order valence-corrected chi connectivity index (χ2v) is 6.99. The van der Waals surface area contributed by atoms with Crippen molar-refractivity contribution in [3.8, 4) is 11.5 Å². The smallest absolute Gasteiger partial charge is 0.320 e. The summed E-state index contributed by atoms with van der Waals surface area (Å²) in [5.74, 6) is 0.257. The van der Waals surface area contributed by atoms with E-state index in [0.717, 1.165) is 50.9 Å². The summed E-state index contributed by atoms with van der Waals surface area (Å²) in [6.45, 7) is 3.24. The maximum Gasteiger partial charge on any atom is 0.320 e. The van der Waals surface area contributed by atoms with E-state index < -0.39 is 0 Å². The lowest BCUT2D eigenvalue weighted by Gasteiger charge is -2.34. The van der Waals surface area contributed by atoms with Crippen molar-refractivity contribution in [2.75, 3.05) is 33.3 Å². The topological polar surface area (TPSA) is 82.1 Å². The highest BCUT2D eigenvalue weighted by Crippen LogP contribution is 2.26. The third-order valence-electron chi connectivity index (χ3n) is 5.15. The largest absolute Gasteiger partial charge is 0.504 e. The molecule has 2 fully saturated rings. The molecule has 2 N–H and O–H groups in total. The van der Waals surface area contributed by atoms with E-state index in [2.05, 4.69) is 5.32 Å². The first-order valence-corrected chi connectivity index (χ1v) is 9.26. The molecule has 7 nitrogen and oxygen atoms in total. The lowest BCUT2D eigenvalue weighted by atomic mass is 9.97. The number of aromatic hydroxyl groups is 1. The van der Waals surface area contributed by atoms with E-state index >= 15 is 0 Å². The molecule has 142 valence electrons. The summed E-state index contributed by atoms with van der Waals surface area (Å²) in [6, 6.07) is 5.09. The van der Waals surface area contributed by atoms with E-state index in [0.29, 0.717) is 18.8 Å². The monoisotopic (exact) mass is 361 g/mol. The van der Waals surface area contributed by atoms with Crippen molar-refractivity contribution in [3.05, 3.63) is 23.8 Å². The summed E-state index contributed by atoms with van der Waals surface area (Å²) in [6.07, 6.45) is 3.79. The molecule has 26 heavy (non-hydrogen) atoms. The summed E-state index contributed by atoms with van der Waals surface area (Å²) in [7, 11) is 1.49. The number of urea groups is 1. The van der Waals surface area contributed by atoms with Crippen LogP contribution in [0, 0.1) is 5.92 Å². The van der Waals surface area contributed by atoms with Gasteiger partial charge in [-0.3, -0.25) is 4.79 Å². The molecule has 1 unspecified atom stereocenters. The quantitative estimate of drug-likeness (QED) is 0.859. The Balaban J connectivity index is 1.53. The third kappa shape index (κ3) is 4.20. The van der Waals surface area contributed by atoms with Gasteiger partial charge in [0.15, 0.2) is 11.5 Å². The van der Waals surface area contributed by atoms with Crippen LogP contribution in [0.3, 0.4) is 0 Å². The number of carbonyl (C=O) groups excluding carboxylic acids is 2. The number of piperidine rings is 1. The number of amides is 3. The molecule has 7 heteroatoms. The van der Waals surface area contributed by atoms with E-state index in [4.69, 9.17) is 4.74 Å². The first kappa shape index (κ1) is 18.4.